The van der Waals surface area contributed by atoms with E-state index in [1.54, 1.807) is 24.3 Å². The molecule has 0 spiro atoms. The molecule has 1 saturated heterocycles. The summed E-state index contributed by atoms with van der Waals surface area (Å²) >= 11 is 0. The Balaban J connectivity index is 1.47. The number of rotatable bonds is 5. The van der Waals surface area contributed by atoms with Crippen LogP contribution in [0.15, 0.2) is 24.3 Å². The molecule has 6 heteroatoms. The number of nitrogens with two attached hydrogens (primary N) is 1. The van der Waals surface area contributed by atoms with Gasteiger partial charge < -0.3 is 16.4 Å². The second-order valence-electron chi connectivity index (χ2n) is 7.28. The number of likely N-dealkylation sites (tertiary alicyclic amines) is 1. The Morgan fingerprint density at radius 2 is 1.44 bits per heavy atom. The molecule has 1 aromatic rings. The maximum Gasteiger partial charge on any atom is 0.244 e. The van der Waals surface area contributed by atoms with Crippen molar-refractivity contribution in [1.82, 2.24) is 4.90 Å². The van der Waals surface area contributed by atoms with Crippen LogP contribution >= 0.6 is 0 Å². The van der Waals surface area contributed by atoms with Crippen molar-refractivity contribution in [1.29, 1.82) is 0 Å². The van der Waals surface area contributed by atoms with Crippen LogP contribution in [0, 0.1) is 0 Å². The molecule has 1 aromatic carbocycles. The van der Waals surface area contributed by atoms with E-state index in [4.69, 9.17) is 5.73 Å². The van der Waals surface area contributed by atoms with Crippen LogP contribution in [0.5, 0.6) is 0 Å². The molecule has 1 saturated carbocycles. The summed E-state index contributed by atoms with van der Waals surface area (Å²) in [7, 11) is 0. The van der Waals surface area contributed by atoms with Crippen molar-refractivity contribution in [3.63, 3.8) is 0 Å². The van der Waals surface area contributed by atoms with Crippen LogP contribution in [0.1, 0.15) is 44.9 Å². The summed E-state index contributed by atoms with van der Waals surface area (Å²) in [5, 5.41) is 5.75. The molecule has 6 nitrogen and oxygen atoms in total. The molecule has 4 N–H and O–H groups in total. The highest BCUT2D eigenvalue weighted by Crippen LogP contribution is 2.33. The Kier molecular flexibility index (Phi) is 5.71. The van der Waals surface area contributed by atoms with E-state index in [1.807, 2.05) is 0 Å². The summed E-state index contributed by atoms with van der Waals surface area (Å²) in [6.07, 6.45) is 7.65. The Hall–Kier alpha value is -1.92. The molecule has 2 amide bonds. The summed E-state index contributed by atoms with van der Waals surface area (Å²) in [6.45, 7) is 2.44. The molecule has 0 unspecified atom stereocenters. The second kappa shape index (κ2) is 7.97. The first-order chi connectivity index (χ1) is 12.0. The molecule has 1 aliphatic heterocycles. The zero-order valence-electron chi connectivity index (χ0n) is 14.7. The zero-order valence-corrected chi connectivity index (χ0v) is 14.7. The minimum Gasteiger partial charge on any atom is -0.325 e. The van der Waals surface area contributed by atoms with Gasteiger partial charge in [0.15, 0.2) is 0 Å². The molecular formula is C19H28N4O2. The molecular weight excluding hydrogens is 316 g/mol. The number of benzene rings is 1. The van der Waals surface area contributed by atoms with Crippen molar-refractivity contribution in [2.45, 2.75) is 50.5 Å². The first-order valence-electron chi connectivity index (χ1n) is 9.28. The molecule has 1 heterocycles. The van der Waals surface area contributed by atoms with E-state index in [1.165, 1.54) is 32.1 Å². The maximum atomic E-state index is 12.2. The van der Waals surface area contributed by atoms with Gasteiger partial charge in [0, 0.05) is 11.4 Å². The molecule has 136 valence electrons. The number of carbonyl (C=O) groups is 2. The molecule has 3 rings (SSSR count). The lowest BCUT2D eigenvalue weighted by Gasteiger charge is -2.23. The minimum absolute atomic E-state index is 0.0104. The highest BCUT2D eigenvalue weighted by molar-refractivity contribution is 6.00. The Morgan fingerprint density at radius 3 is 2.00 bits per heavy atom. The molecule has 2 aliphatic rings. The van der Waals surface area contributed by atoms with Crippen molar-refractivity contribution < 1.29 is 9.59 Å². The van der Waals surface area contributed by atoms with Crippen LogP contribution in [0.25, 0.3) is 0 Å². The van der Waals surface area contributed by atoms with Crippen molar-refractivity contribution >= 4 is 23.2 Å². The number of nitrogens with one attached hydrogen (secondary N) is 2. The van der Waals surface area contributed by atoms with E-state index in [2.05, 4.69) is 15.5 Å². The van der Waals surface area contributed by atoms with Crippen LogP contribution in [0.3, 0.4) is 0 Å². The SMILES string of the molecule is NC1(C(=O)Nc2ccc(NC(=O)CN3CCCCCCC3)cc2)CC1. The molecule has 2 fully saturated rings. The number of hydrogen-bond donors (Lipinski definition) is 3. The molecule has 25 heavy (non-hydrogen) atoms. The summed E-state index contributed by atoms with van der Waals surface area (Å²) in [5.74, 6) is -0.127. The normalized spacial score (nSPS) is 20.2. The number of hydrogen-bond acceptors (Lipinski definition) is 4. The average Bonchev–Trinajstić information content (AvgIpc) is 3.31. The Morgan fingerprint density at radius 1 is 0.920 bits per heavy atom. The fourth-order valence-corrected chi connectivity index (χ4v) is 3.13. The quantitative estimate of drug-likeness (QED) is 0.765. The first-order valence-corrected chi connectivity index (χ1v) is 9.28. The third-order valence-corrected chi connectivity index (χ3v) is 4.98. The Labute approximate surface area is 149 Å². The lowest BCUT2D eigenvalue weighted by molar-refractivity contribution is -0.118. The highest BCUT2D eigenvalue weighted by atomic mass is 16.2. The minimum atomic E-state index is -0.682. The second-order valence-corrected chi connectivity index (χ2v) is 7.28. The first kappa shape index (κ1) is 17.9. The molecule has 1 aliphatic carbocycles. The van der Waals surface area contributed by atoms with Crippen molar-refractivity contribution in [3.05, 3.63) is 24.3 Å². The van der Waals surface area contributed by atoms with E-state index < -0.39 is 5.54 Å². The third kappa shape index (κ3) is 5.28. The van der Waals surface area contributed by atoms with Gasteiger partial charge in [-0.3, -0.25) is 14.5 Å². The summed E-state index contributed by atoms with van der Waals surface area (Å²) in [5.41, 5.74) is 6.63. The van der Waals surface area contributed by atoms with E-state index >= 15 is 0 Å². The predicted octanol–water partition coefficient (Wildman–Crippen LogP) is 2.32. The smallest absolute Gasteiger partial charge is 0.244 e. The molecule has 0 aromatic heterocycles. The van der Waals surface area contributed by atoms with Gasteiger partial charge in [-0.1, -0.05) is 19.3 Å². The van der Waals surface area contributed by atoms with E-state index in [0.29, 0.717) is 12.2 Å². The van der Waals surface area contributed by atoms with E-state index in [9.17, 15) is 9.59 Å². The zero-order chi connectivity index (χ0) is 17.7. The van der Waals surface area contributed by atoms with Gasteiger partial charge in [-0.2, -0.15) is 0 Å². The van der Waals surface area contributed by atoms with Crippen LogP contribution in [-0.2, 0) is 9.59 Å². The molecule has 0 radical (unpaired) electrons. The number of carbonyl (C=O) groups excluding carboxylic acids is 2. The van der Waals surface area contributed by atoms with Gasteiger partial charge >= 0.3 is 0 Å². The van der Waals surface area contributed by atoms with Crippen molar-refractivity contribution in [2.24, 2.45) is 5.73 Å². The average molecular weight is 344 g/mol. The van der Waals surface area contributed by atoms with Gasteiger partial charge in [0.1, 0.15) is 0 Å². The van der Waals surface area contributed by atoms with E-state index in [0.717, 1.165) is 31.6 Å². The topological polar surface area (TPSA) is 87.5 Å². The number of nitrogens with zero attached hydrogens (tertiary/aromatic N) is 1. The van der Waals surface area contributed by atoms with Crippen LogP contribution in [-0.4, -0.2) is 41.9 Å². The maximum absolute atomic E-state index is 12.2. The van der Waals surface area contributed by atoms with Crippen molar-refractivity contribution in [2.75, 3.05) is 30.3 Å². The van der Waals surface area contributed by atoms with E-state index in [-0.39, 0.29) is 11.8 Å². The van der Waals surface area contributed by atoms with Crippen molar-refractivity contribution in [3.8, 4) is 0 Å². The van der Waals surface area contributed by atoms with Gasteiger partial charge in [0.2, 0.25) is 11.8 Å². The molecule has 0 atom stereocenters. The molecule has 0 bridgehead atoms. The predicted molar refractivity (Wildman–Crippen MR) is 99.4 cm³/mol. The largest absolute Gasteiger partial charge is 0.325 e. The van der Waals surface area contributed by atoms with Crippen LogP contribution in [0.2, 0.25) is 0 Å². The van der Waals surface area contributed by atoms with Gasteiger partial charge in [-0.25, -0.2) is 0 Å². The van der Waals surface area contributed by atoms with Crippen LogP contribution < -0.4 is 16.4 Å². The fourth-order valence-electron chi connectivity index (χ4n) is 3.13. The lowest BCUT2D eigenvalue weighted by Crippen LogP contribution is -2.37. The lowest BCUT2D eigenvalue weighted by atomic mass is 10.1. The monoisotopic (exact) mass is 344 g/mol. The number of anilines is 2. The van der Waals surface area contributed by atoms with Gasteiger partial charge in [-0.15, -0.1) is 0 Å². The third-order valence-electron chi connectivity index (χ3n) is 4.98. The number of amides is 2. The van der Waals surface area contributed by atoms with Gasteiger partial charge in [0.05, 0.1) is 12.1 Å². The van der Waals surface area contributed by atoms with Crippen LogP contribution in [0.4, 0.5) is 11.4 Å². The summed E-state index contributed by atoms with van der Waals surface area (Å²) in [4.78, 5) is 26.4. The standard InChI is InChI=1S/C19H28N4O2/c20-19(10-11-19)18(25)22-16-8-6-15(7-9-16)21-17(24)14-23-12-4-2-1-3-5-13-23/h6-9H,1-5,10-14,20H2,(H,21,24)(H,22,25). The highest BCUT2D eigenvalue weighted by Gasteiger charge is 2.45. The fraction of sp³-hybridized carbons (Fsp3) is 0.579. The summed E-state index contributed by atoms with van der Waals surface area (Å²) < 4.78 is 0. The van der Waals surface area contributed by atoms with Gasteiger partial charge in [-0.05, 0) is 63.0 Å². The van der Waals surface area contributed by atoms with Gasteiger partial charge in [0.25, 0.3) is 0 Å². The summed E-state index contributed by atoms with van der Waals surface area (Å²) in [6, 6.07) is 7.18. The Bertz CT molecular complexity index is 602.